The molecule has 1 atom stereocenters. The number of alkyl halides is 3. The Morgan fingerprint density at radius 3 is 2.38 bits per heavy atom. The zero-order valence-electron chi connectivity index (χ0n) is 8.57. The van der Waals surface area contributed by atoms with Gasteiger partial charge in [0.2, 0.25) is 10.3 Å². The lowest BCUT2D eigenvalue weighted by atomic mass is 10.2. The SMILES string of the molecule is O=[N+]([O-])C[C@@H](OCCCCCO)C(Cl)(Cl)Cl. The van der Waals surface area contributed by atoms with E-state index in [0.29, 0.717) is 12.8 Å². The molecule has 0 aliphatic carbocycles. The minimum absolute atomic E-state index is 0.114. The third kappa shape index (κ3) is 8.35. The van der Waals surface area contributed by atoms with E-state index in [1.807, 2.05) is 0 Å². The van der Waals surface area contributed by atoms with Crippen molar-refractivity contribution in [3.8, 4) is 0 Å². The fraction of sp³-hybridized carbons (Fsp3) is 1.00. The van der Waals surface area contributed by atoms with Gasteiger partial charge in [-0.25, -0.2) is 0 Å². The van der Waals surface area contributed by atoms with E-state index >= 15 is 0 Å². The van der Waals surface area contributed by atoms with Gasteiger partial charge in [0.1, 0.15) is 0 Å². The second-order valence-electron chi connectivity index (χ2n) is 3.20. The summed E-state index contributed by atoms with van der Waals surface area (Å²) in [7, 11) is 0. The van der Waals surface area contributed by atoms with Crippen LogP contribution in [0.2, 0.25) is 0 Å². The van der Waals surface area contributed by atoms with E-state index in [-0.39, 0.29) is 13.2 Å². The van der Waals surface area contributed by atoms with E-state index in [1.165, 1.54) is 0 Å². The molecule has 0 fully saturated rings. The summed E-state index contributed by atoms with van der Waals surface area (Å²) in [6.07, 6.45) is 1.04. The Kier molecular flexibility index (Phi) is 8.40. The van der Waals surface area contributed by atoms with E-state index in [4.69, 9.17) is 44.6 Å². The van der Waals surface area contributed by atoms with Gasteiger partial charge in [-0.2, -0.15) is 0 Å². The summed E-state index contributed by atoms with van der Waals surface area (Å²) >= 11 is 16.6. The third-order valence-electron chi connectivity index (χ3n) is 1.80. The molecule has 0 aromatic carbocycles. The van der Waals surface area contributed by atoms with Crippen molar-refractivity contribution in [1.82, 2.24) is 0 Å². The normalized spacial score (nSPS) is 13.8. The van der Waals surface area contributed by atoms with E-state index in [9.17, 15) is 10.1 Å². The summed E-state index contributed by atoms with van der Waals surface area (Å²) in [6, 6.07) is 0. The van der Waals surface area contributed by atoms with Crippen molar-refractivity contribution in [2.75, 3.05) is 19.8 Å². The van der Waals surface area contributed by atoms with Gasteiger partial charge in [-0.15, -0.1) is 0 Å². The van der Waals surface area contributed by atoms with Crippen LogP contribution < -0.4 is 0 Å². The van der Waals surface area contributed by atoms with Gasteiger partial charge in [0.15, 0.2) is 6.10 Å². The van der Waals surface area contributed by atoms with Crippen LogP contribution in [0.25, 0.3) is 0 Å². The monoisotopic (exact) mass is 293 g/mol. The van der Waals surface area contributed by atoms with Crippen molar-refractivity contribution < 1.29 is 14.8 Å². The molecule has 0 amide bonds. The first-order valence-corrected chi connectivity index (χ1v) is 5.92. The molecule has 0 unspecified atom stereocenters. The lowest BCUT2D eigenvalue weighted by Gasteiger charge is -2.21. The second kappa shape index (κ2) is 8.31. The zero-order valence-corrected chi connectivity index (χ0v) is 10.8. The Labute approximate surface area is 109 Å². The lowest BCUT2D eigenvalue weighted by molar-refractivity contribution is -0.491. The van der Waals surface area contributed by atoms with Crippen LogP contribution in [0.4, 0.5) is 0 Å². The van der Waals surface area contributed by atoms with Crippen LogP contribution in [0.5, 0.6) is 0 Å². The maximum atomic E-state index is 10.3. The molecule has 0 bridgehead atoms. The first-order chi connectivity index (χ1) is 7.38. The average molecular weight is 295 g/mol. The van der Waals surface area contributed by atoms with Crippen LogP contribution in [0, 0.1) is 10.1 Å². The molecule has 5 nitrogen and oxygen atoms in total. The molecule has 0 spiro atoms. The van der Waals surface area contributed by atoms with E-state index < -0.39 is 21.4 Å². The standard InChI is InChI=1S/C8H14Cl3NO4/c9-8(10,11)7(6-12(14)15)16-5-3-1-2-4-13/h7,13H,1-6H2/t7-/m1/s1. The molecule has 0 heterocycles. The first-order valence-electron chi connectivity index (χ1n) is 4.79. The minimum atomic E-state index is -1.80. The van der Waals surface area contributed by atoms with Crippen molar-refractivity contribution in [3.63, 3.8) is 0 Å². The highest BCUT2D eigenvalue weighted by Gasteiger charge is 2.37. The van der Waals surface area contributed by atoms with Gasteiger partial charge in [0, 0.05) is 18.1 Å². The number of nitro groups is 1. The minimum Gasteiger partial charge on any atom is -0.396 e. The molecular formula is C8H14Cl3NO4. The fourth-order valence-corrected chi connectivity index (χ4v) is 1.40. The fourth-order valence-electron chi connectivity index (χ4n) is 1.00. The number of aliphatic hydroxyl groups is 1. The zero-order chi connectivity index (χ0) is 12.6. The Bertz CT molecular complexity index is 210. The van der Waals surface area contributed by atoms with Crippen molar-refractivity contribution in [2.24, 2.45) is 0 Å². The number of unbranched alkanes of at least 4 members (excludes halogenated alkanes) is 2. The molecule has 96 valence electrons. The molecule has 1 N–H and O–H groups in total. The maximum absolute atomic E-state index is 10.3. The molecule has 8 heteroatoms. The van der Waals surface area contributed by atoms with Crippen molar-refractivity contribution in [2.45, 2.75) is 29.2 Å². The Hall–Kier alpha value is 0.190. The molecule has 0 aromatic rings. The highest BCUT2D eigenvalue weighted by Crippen LogP contribution is 2.32. The van der Waals surface area contributed by atoms with Crippen LogP contribution in [0.1, 0.15) is 19.3 Å². The van der Waals surface area contributed by atoms with Gasteiger partial charge in [-0.1, -0.05) is 34.8 Å². The van der Waals surface area contributed by atoms with E-state index in [0.717, 1.165) is 6.42 Å². The van der Waals surface area contributed by atoms with Gasteiger partial charge >= 0.3 is 0 Å². The largest absolute Gasteiger partial charge is 0.396 e. The van der Waals surface area contributed by atoms with Gasteiger partial charge in [0.25, 0.3) is 0 Å². The summed E-state index contributed by atoms with van der Waals surface area (Å²) < 4.78 is 3.34. The molecule has 0 saturated carbocycles. The Balaban J connectivity index is 3.89. The molecule has 0 rings (SSSR count). The predicted octanol–water partition coefficient (Wildman–Crippen LogP) is 2.18. The van der Waals surface area contributed by atoms with Crippen LogP contribution in [0.3, 0.4) is 0 Å². The lowest BCUT2D eigenvalue weighted by Crippen LogP contribution is -2.35. The molecule has 16 heavy (non-hydrogen) atoms. The smallest absolute Gasteiger partial charge is 0.233 e. The topological polar surface area (TPSA) is 72.6 Å². The molecule has 0 radical (unpaired) electrons. The number of aliphatic hydroxyl groups excluding tert-OH is 1. The molecule has 0 aliphatic rings. The second-order valence-corrected chi connectivity index (χ2v) is 5.57. The van der Waals surface area contributed by atoms with Crippen LogP contribution in [-0.4, -0.2) is 39.7 Å². The van der Waals surface area contributed by atoms with Gasteiger partial charge in [-0.3, -0.25) is 10.1 Å². The van der Waals surface area contributed by atoms with E-state index in [2.05, 4.69) is 0 Å². The quantitative estimate of drug-likeness (QED) is 0.322. The first kappa shape index (κ1) is 16.2. The van der Waals surface area contributed by atoms with E-state index in [1.54, 1.807) is 0 Å². The summed E-state index contributed by atoms with van der Waals surface area (Å²) in [5, 5.41) is 18.8. The third-order valence-corrected chi connectivity index (χ3v) is 2.53. The Morgan fingerprint density at radius 2 is 1.94 bits per heavy atom. The maximum Gasteiger partial charge on any atom is 0.233 e. The van der Waals surface area contributed by atoms with Crippen molar-refractivity contribution >= 4 is 34.8 Å². The summed E-state index contributed by atoms with van der Waals surface area (Å²) in [5.41, 5.74) is 0. The number of halogens is 3. The number of hydrogen-bond donors (Lipinski definition) is 1. The molecule has 0 aromatic heterocycles. The number of hydrogen-bond acceptors (Lipinski definition) is 4. The van der Waals surface area contributed by atoms with Crippen LogP contribution in [0.15, 0.2) is 0 Å². The summed E-state index contributed by atoms with van der Waals surface area (Å²) in [6.45, 7) is -0.161. The van der Waals surface area contributed by atoms with Crippen LogP contribution >= 0.6 is 34.8 Å². The van der Waals surface area contributed by atoms with Crippen LogP contribution in [-0.2, 0) is 4.74 Å². The van der Waals surface area contributed by atoms with Gasteiger partial charge in [0.05, 0.1) is 0 Å². The summed E-state index contributed by atoms with van der Waals surface area (Å²) in [5.74, 6) is 0. The van der Waals surface area contributed by atoms with Crippen molar-refractivity contribution in [3.05, 3.63) is 10.1 Å². The number of ether oxygens (including phenoxy) is 1. The number of nitrogens with zero attached hydrogens (tertiary/aromatic N) is 1. The van der Waals surface area contributed by atoms with Gasteiger partial charge < -0.3 is 9.84 Å². The summed E-state index contributed by atoms with van der Waals surface area (Å²) in [4.78, 5) is 9.73. The average Bonchev–Trinajstić information content (AvgIpc) is 2.13. The van der Waals surface area contributed by atoms with Crippen molar-refractivity contribution in [1.29, 1.82) is 0 Å². The predicted molar refractivity (Wildman–Crippen MR) is 62.8 cm³/mol. The molecular weight excluding hydrogens is 280 g/mol. The molecule has 0 aliphatic heterocycles. The Morgan fingerprint density at radius 1 is 1.31 bits per heavy atom. The highest BCUT2D eigenvalue weighted by molar-refractivity contribution is 6.68. The highest BCUT2D eigenvalue weighted by atomic mass is 35.6. The number of rotatable bonds is 8. The van der Waals surface area contributed by atoms with Gasteiger partial charge in [-0.05, 0) is 19.3 Å². The molecule has 0 saturated heterocycles.